The summed E-state index contributed by atoms with van der Waals surface area (Å²) in [5.74, 6) is -0.155. The van der Waals surface area contributed by atoms with Crippen LogP contribution < -0.4 is 5.69 Å². The number of imidazole rings is 1. The van der Waals surface area contributed by atoms with Crippen LogP contribution in [0.2, 0.25) is 0 Å². The Balaban J connectivity index is 2.40. The third-order valence-electron chi connectivity index (χ3n) is 3.50. The van der Waals surface area contributed by atoms with Crippen molar-refractivity contribution in [2.45, 2.75) is 32.9 Å². The number of aryl methyl sites for hydroxylation is 1. The minimum atomic E-state index is -0.586. The molecule has 2 aromatic rings. The zero-order valence-corrected chi connectivity index (χ0v) is 12.8. The number of benzene rings is 1. The van der Waals surface area contributed by atoms with Gasteiger partial charge in [0.1, 0.15) is 0 Å². The van der Waals surface area contributed by atoms with Gasteiger partial charge in [-0.05, 0) is 39.0 Å². The predicted molar refractivity (Wildman–Crippen MR) is 81.4 cm³/mol. The zero-order valence-electron chi connectivity index (χ0n) is 12.8. The van der Waals surface area contributed by atoms with Gasteiger partial charge in [0.25, 0.3) is 5.91 Å². The van der Waals surface area contributed by atoms with Gasteiger partial charge in [0.05, 0.1) is 17.1 Å². The maximum absolute atomic E-state index is 12.6. The molecule has 0 aliphatic heterocycles. The van der Waals surface area contributed by atoms with Crippen LogP contribution in [0.5, 0.6) is 0 Å². The normalized spacial score (nSPS) is 12.9. The van der Waals surface area contributed by atoms with Crippen LogP contribution in [-0.4, -0.2) is 44.2 Å². The highest BCUT2D eigenvalue weighted by Crippen LogP contribution is 2.15. The Labute approximate surface area is 123 Å². The minimum Gasteiger partial charge on any atom is -0.392 e. The second-order valence-corrected chi connectivity index (χ2v) is 5.62. The number of nitrogens with zero attached hydrogens (tertiary/aromatic N) is 2. The lowest BCUT2D eigenvalue weighted by atomic mass is 10.1. The molecule has 21 heavy (non-hydrogen) atoms. The van der Waals surface area contributed by atoms with E-state index in [1.165, 1.54) is 4.57 Å². The van der Waals surface area contributed by atoms with Gasteiger partial charge >= 0.3 is 5.69 Å². The molecule has 1 heterocycles. The Kier molecular flexibility index (Phi) is 4.18. The molecule has 6 heteroatoms. The number of carbonyl (C=O) groups excluding carboxylic acids is 1. The van der Waals surface area contributed by atoms with Crippen molar-refractivity contribution in [3.63, 3.8) is 0 Å². The molecular weight excluding hydrogens is 270 g/mol. The van der Waals surface area contributed by atoms with Gasteiger partial charge in [-0.25, -0.2) is 4.79 Å². The number of aromatic nitrogens is 2. The van der Waals surface area contributed by atoms with Gasteiger partial charge in [-0.1, -0.05) is 0 Å². The van der Waals surface area contributed by atoms with Crippen LogP contribution in [0.1, 0.15) is 31.1 Å². The largest absolute Gasteiger partial charge is 0.392 e. The molecule has 2 N–H and O–H groups in total. The maximum atomic E-state index is 12.6. The highest BCUT2D eigenvalue weighted by Gasteiger charge is 2.21. The molecule has 0 aliphatic carbocycles. The van der Waals surface area contributed by atoms with Crippen molar-refractivity contribution in [2.75, 3.05) is 6.54 Å². The number of nitrogens with one attached hydrogen (secondary N) is 1. The second-order valence-electron chi connectivity index (χ2n) is 5.62. The highest BCUT2D eigenvalue weighted by molar-refractivity contribution is 5.97. The molecule has 1 aromatic carbocycles. The summed E-state index contributed by atoms with van der Waals surface area (Å²) in [6.07, 6.45) is -0.586. The number of H-pyrrole nitrogens is 1. The molecule has 0 radical (unpaired) electrons. The first-order valence-corrected chi connectivity index (χ1v) is 6.99. The molecule has 1 aromatic heterocycles. The van der Waals surface area contributed by atoms with Crippen molar-refractivity contribution in [1.82, 2.24) is 14.5 Å². The number of fused-ring (bicyclic) bond motifs is 1. The van der Waals surface area contributed by atoms with Crippen molar-refractivity contribution >= 4 is 16.9 Å². The number of rotatable bonds is 4. The first kappa shape index (κ1) is 15.3. The molecular formula is C15H21N3O3. The molecule has 0 aliphatic rings. The van der Waals surface area contributed by atoms with Crippen LogP contribution in [0.25, 0.3) is 11.0 Å². The van der Waals surface area contributed by atoms with Crippen molar-refractivity contribution in [3.8, 4) is 0 Å². The van der Waals surface area contributed by atoms with Crippen molar-refractivity contribution in [2.24, 2.45) is 7.05 Å². The number of hydrogen-bond acceptors (Lipinski definition) is 3. The SMILES string of the molecule is CC(O)CN(C(=O)c1ccc2c(c1)[nH]c(=O)n2C)C(C)C. The lowest BCUT2D eigenvalue weighted by molar-refractivity contribution is 0.0579. The van der Waals surface area contributed by atoms with Gasteiger partial charge in [-0.15, -0.1) is 0 Å². The Morgan fingerprint density at radius 2 is 2.05 bits per heavy atom. The predicted octanol–water partition coefficient (Wildman–Crippen LogP) is 1.10. The van der Waals surface area contributed by atoms with E-state index in [-0.39, 0.29) is 24.2 Å². The van der Waals surface area contributed by atoms with E-state index in [2.05, 4.69) is 4.98 Å². The van der Waals surface area contributed by atoms with Gasteiger partial charge in [0, 0.05) is 25.2 Å². The summed E-state index contributed by atoms with van der Waals surface area (Å²) >= 11 is 0. The van der Waals surface area contributed by atoms with Gasteiger partial charge in [0.2, 0.25) is 0 Å². The number of hydrogen-bond donors (Lipinski definition) is 2. The van der Waals surface area contributed by atoms with Gasteiger partial charge in [-0.2, -0.15) is 0 Å². The van der Waals surface area contributed by atoms with E-state index in [1.54, 1.807) is 37.1 Å². The second kappa shape index (κ2) is 5.73. The summed E-state index contributed by atoms with van der Waals surface area (Å²) < 4.78 is 1.50. The Bertz CT molecular complexity index is 713. The van der Waals surface area contributed by atoms with Crippen molar-refractivity contribution in [1.29, 1.82) is 0 Å². The summed E-state index contributed by atoms with van der Waals surface area (Å²) in [5, 5.41) is 9.53. The number of aromatic amines is 1. The summed E-state index contributed by atoms with van der Waals surface area (Å²) in [6.45, 7) is 5.74. The van der Waals surface area contributed by atoms with Crippen LogP contribution in [-0.2, 0) is 7.05 Å². The van der Waals surface area contributed by atoms with Gasteiger partial charge in [0.15, 0.2) is 0 Å². The fourth-order valence-electron chi connectivity index (χ4n) is 2.35. The maximum Gasteiger partial charge on any atom is 0.326 e. The molecule has 1 amide bonds. The lowest BCUT2D eigenvalue weighted by Crippen LogP contribution is -2.41. The molecule has 1 atom stereocenters. The molecule has 0 spiro atoms. The Morgan fingerprint density at radius 1 is 1.38 bits per heavy atom. The summed E-state index contributed by atoms with van der Waals surface area (Å²) in [7, 11) is 1.68. The fourth-order valence-corrected chi connectivity index (χ4v) is 2.35. The minimum absolute atomic E-state index is 0.0161. The van der Waals surface area contributed by atoms with E-state index < -0.39 is 6.10 Å². The molecule has 6 nitrogen and oxygen atoms in total. The highest BCUT2D eigenvalue weighted by atomic mass is 16.3. The monoisotopic (exact) mass is 291 g/mol. The smallest absolute Gasteiger partial charge is 0.326 e. The molecule has 0 saturated heterocycles. The van der Waals surface area contributed by atoms with E-state index >= 15 is 0 Å². The molecule has 1 unspecified atom stereocenters. The quantitative estimate of drug-likeness (QED) is 0.885. The lowest BCUT2D eigenvalue weighted by Gasteiger charge is -2.28. The molecule has 0 saturated carbocycles. The Hall–Kier alpha value is -2.08. The number of aliphatic hydroxyl groups is 1. The third kappa shape index (κ3) is 3.00. The average molecular weight is 291 g/mol. The molecule has 0 fully saturated rings. The van der Waals surface area contributed by atoms with E-state index in [0.717, 1.165) is 5.52 Å². The first-order valence-electron chi connectivity index (χ1n) is 6.99. The molecule has 0 bridgehead atoms. The van der Waals surface area contributed by atoms with Crippen LogP contribution in [0.3, 0.4) is 0 Å². The molecule has 2 rings (SSSR count). The Morgan fingerprint density at radius 3 is 2.62 bits per heavy atom. The van der Waals surface area contributed by atoms with E-state index in [0.29, 0.717) is 11.1 Å². The first-order chi connectivity index (χ1) is 9.81. The summed E-state index contributed by atoms with van der Waals surface area (Å²) in [6, 6.07) is 5.12. The fraction of sp³-hybridized carbons (Fsp3) is 0.467. The van der Waals surface area contributed by atoms with Crippen molar-refractivity contribution in [3.05, 3.63) is 34.2 Å². The van der Waals surface area contributed by atoms with E-state index in [4.69, 9.17) is 0 Å². The summed E-state index contributed by atoms with van der Waals surface area (Å²) in [5.41, 5.74) is 1.68. The molecule has 114 valence electrons. The summed E-state index contributed by atoms with van der Waals surface area (Å²) in [4.78, 5) is 28.5. The van der Waals surface area contributed by atoms with Gasteiger partial charge < -0.3 is 15.0 Å². The van der Waals surface area contributed by atoms with Crippen LogP contribution in [0.4, 0.5) is 0 Å². The number of carbonyl (C=O) groups is 1. The number of amides is 1. The van der Waals surface area contributed by atoms with Crippen LogP contribution >= 0.6 is 0 Å². The standard InChI is InChI=1S/C15H21N3O3/c1-9(2)18(8-10(3)19)14(20)11-5-6-13-12(7-11)16-15(21)17(13)4/h5-7,9-10,19H,8H2,1-4H3,(H,16,21). The van der Waals surface area contributed by atoms with Crippen molar-refractivity contribution < 1.29 is 9.90 Å². The topological polar surface area (TPSA) is 78.3 Å². The third-order valence-corrected chi connectivity index (χ3v) is 3.50. The van der Waals surface area contributed by atoms with E-state index in [1.807, 2.05) is 13.8 Å². The average Bonchev–Trinajstić information content (AvgIpc) is 2.69. The van der Waals surface area contributed by atoms with Crippen LogP contribution in [0.15, 0.2) is 23.0 Å². The van der Waals surface area contributed by atoms with Crippen LogP contribution in [0, 0.1) is 0 Å². The number of aliphatic hydroxyl groups excluding tert-OH is 1. The zero-order chi connectivity index (χ0) is 15.7. The van der Waals surface area contributed by atoms with E-state index in [9.17, 15) is 14.7 Å². The van der Waals surface area contributed by atoms with Gasteiger partial charge in [-0.3, -0.25) is 9.36 Å².